The van der Waals surface area contributed by atoms with Gasteiger partial charge in [-0.15, -0.1) is 0 Å². The zero-order valence-electron chi connectivity index (χ0n) is 21.6. The van der Waals surface area contributed by atoms with Gasteiger partial charge in [0.1, 0.15) is 22.7 Å². The third-order valence-electron chi connectivity index (χ3n) is 6.30. The number of benzene rings is 1. The highest BCUT2D eigenvalue weighted by Gasteiger charge is 2.43. The largest absolute Gasteiger partial charge is 0.477 e. The van der Waals surface area contributed by atoms with Gasteiger partial charge in [-0.3, -0.25) is 0 Å². The summed E-state index contributed by atoms with van der Waals surface area (Å²) in [7, 11) is 0. The lowest BCUT2D eigenvalue weighted by atomic mass is 10.1. The molecule has 13 heteroatoms. The Morgan fingerprint density at radius 2 is 1.77 bits per heavy atom. The first-order valence-electron chi connectivity index (χ1n) is 12.5. The summed E-state index contributed by atoms with van der Waals surface area (Å²) < 4.78 is 68.8. The zero-order chi connectivity index (χ0) is 28.8. The molecule has 0 radical (unpaired) electrons. The Morgan fingerprint density at radius 3 is 2.44 bits per heavy atom. The predicted octanol–water partition coefficient (Wildman–Crippen LogP) is 5.03. The normalized spacial score (nSPS) is 18.7. The number of carboxylic acid groups (broad SMARTS) is 1. The van der Waals surface area contributed by atoms with Crippen molar-refractivity contribution in [3.05, 3.63) is 30.1 Å². The molecule has 2 N–H and O–H groups in total. The number of halogens is 4. The minimum Gasteiger partial charge on any atom is -0.477 e. The molecule has 212 valence electrons. The van der Waals surface area contributed by atoms with E-state index in [0.717, 1.165) is 0 Å². The van der Waals surface area contributed by atoms with Gasteiger partial charge in [0, 0.05) is 31.2 Å². The van der Waals surface area contributed by atoms with Crippen molar-refractivity contribution in [3.8, 4) is 0 Å². The van der Waals surface area contributed by atoms with Crippen LogP contribution < -0.4 is 4.90 Å². The number of alkyl halides is 4. The molecule has 0 unspecified atom stereocenters. The van der Waals surface area contributed by atoms with E-state index in [1.807, 2.05) is 0 Å². The smallest absolute Gasteiger partial charge is 0.374 e. The Kier molecular flexibility index (Phi) is 7.50. The van der Waals surface area contributed by atoms with E-state index in [2.05, 4.69) is 9.97 Å². The van der Waals surface area contributed by atoms with E-state index < -0.39 is 73.0 Å². The van der Waals surface area contributed by atoms with Crippen LogP contribution in [-0.2, 0) is 20.2 Å². The van der Waals surface area contributed by atoms with Gasteiger partial charge in [-0.05, 0) is 45.7 Å². The van der Waals surface area contributed by atoms with Crippen LogP contribution in [0.3, 0.4) is 0 Å². The lowest BCUT2D eigenvalue weighted by Gasteiger charge is -2.28. The number of aromatic nitrogens is 2. The summed E-state index contributed by atoms with van der Waals surface area (Å²) in [6.45, 7) is 4.91. The molecule has 0 saturated carbocycles. The number of anilines is 1. The monoisotopic (exact) mass is 555 g/mol. The number of carboxylic acids is 1. The fourth-order valence-corrected chi connectivity index (χ4v) is 4.49. The van der Waals surface area contributed by atoms with Crippen LogP contribution in [0.25, 0.3) is 22.1 Å². The van der Waals surface area contributed by atoms with Crippen LogP contribution in [0.4, 0.5) is 23.4 Å². The molecular weight excluding hydrogens is 526 g/mol. The third-order valence-corrected chi connectivity index (χ3v) is 6.30. The summed E-state index contributed by atoms with van der Waals surface area (Å²) in [5.74, 6) is -11.7. The standard InChI is InChI=1S/C26H29F4N3O6/c1-24(2,3)39-21(35)16-12-14(34)13-33(16)20-19-18(15-8-4-5-9-17(15)38-19)31-22(32-20)25(27,28)10-6-7-11-26(29,30)23(36)37/h4-5,8-9,14,16,34H,6-7,10-13H2,1-3H3,(H,36,37)/t14-,16-/m0/s1. The van der Waals surface area contributed by atoms with Crippen LogP contribution in [0.15, 0.2) is 28.7 Å². The lowest BCUT2D eigenvalue weighted by Crippen LogP contribution is -2.41. The van der Waals surface area contributed by atoms with Crippen LogP contribution in [0.5, 0.6) is 0 Å². The number of aliphatic hydroxyl groups excluding tert-OH is 1. The molecule has 2 atom stereocenters. The van der Waals surface area contributed by atoms with E-state index in [-0.39, 0.29) is 29.9 Å². The van der Waals surface area contributed by atoms with E-state index >= 15 is 8.78 Å². The van der Waals surface area contributed by atoms with Crippen molar-refractivity contribution in [3.63, 3.8) is 0 Å². The number of hydrogen-bond acceptors (Lipinski definition) is 8. The Labute approximate surface area is 220 Å². The highest BCUT2D eigenvalue weighted by Crippen LogP contribution is 2.40. The SMILES string of the molecule is CC(C)(C)OC(=O)[C@@H]1C[C@H](O)CN1c1nc(C(F)(F)CCCCC(F)(F)C(=O)O)nc2c1oc1ccccc12. The number of carbonyl (C=O) groups is 2. The predicted molar refractivity (Wildman–Crippen MR) is 132 cm³/mol. The number of furan rings is 1. The fourth-order valence-electron chi connectivity index (χ4n) is 4.49. The van der Waals surface area contributed by atoms with Crippen LogP contribution in [-0.4, -0.2) is 62.3 Å². The molecule has 39 heavy (non-hydrogen) atoms. The molecule has 0 bridgehead atoms. The topological polar surface area (TPSA) is 126 Å². The van der Waals surface area contributed by atoms with Crippen molar-refractivity contribution in [2.75, 3.05) is 11.4 Å². The number of aliphatic hydroxyl groups is 1. The van der Waals surface area contributed by atoms with Gasteiger partial charge in [0.05, 0.1) is 6.10 Å². The first kappa shape index (κ1) is 28.5. The van der Waals surface area contributed by atoms with Crippen LogP contribution >= 0.6 is 0 Å². The first-order chi connectivity index (χ1) is 18.1. The van der Waals surface area contributed by atoms with E-state index in [0.29, 0.717) is 11.0 Å². The van der Waals surface area contributed by atoms with Gasteiger partial charge in [0.2, 0.25) is 5.82 Å². The number of fused-ring (bicyclic) bond motifs is 3. The van der Waals surface area contributed by atoms with Gasteiger partial charge < -0.3 is 24.3 Å². The number of hydrogen-bond donors (Lipinski definition) is 2. The number of rotatable bonds is 9. The Hall–Kier alpha value is -3.48. The molecule has 4 rings (SSSR count). The van der Waals surface area contributed by atoms with E-state index in [1.165, 1.54) is 4.90 Å². The van der Waals surface area contributed by atoms with Gasteiger partial charge in [-0.2, -0.15) is 17.6 Å². The summed E-state index contributed by atoms with van der Waals surface area (Å²) in [6, 6.07) is 5.56. The molecule has 1 fully saturated rings. The van der Waals surface area contributed by atoms with E-state index in [9.17, 15) is 23.5 Å². The molecule has 0 amide bonds. The quantitative estimate of drug-likeness (QED) is 0.212. The number of unbranched alkanes of at least 4 members (excludes halogenated alkanes) is 1. The van der Waals surface area contributed by atoms with Crippen molar-refractivity contribution in [1.82, 2.24) is 9.97 Å². The summed E-state index contributed by atoms with van der Waals surface area (Å²) in [5, 5.41) is 19.4. The summed E-state index contributed by atoms with van der Waals surface area (Å²) >= 11 is 0. The summed E-state index contributed by atoms with van der Waals surface area (Å²) in [4.78, 5) is 33.1. The van der Waals surface area contributed by atoms with E-state index in [4.69, 9.17) is 14.3 Å². The Balaban J connectivity index is 1.73. The second-order valence-electron chi connectivity index (χ2n) is 10.7. The van der Waals surface area contributed by atoms with Crippen molar-refractivity contribution in [1.29, 1.82) is 0 Å². The van der Waals surface area contributed by atoms with Gasteiger partial charge in [-0.25, -0.2) is 19.6 Å². The van der Waals surface area contributed by atoms with Crippen LogP contribution in [0.2, 0.25) is 0 Å². The number of carbonyl (C=O) groups excluding carboxylic acids is 1. The average molecular weight is 556 g/mol. The second-order valence-corrected chi connectivity index (χ2v) is 10.7. The lowest BCUT2D eigenvalue weighted by molar-refractivity contribution is -0.166. The number of esters is 1. The number of ether oxygens (including phenoxy) is 1. The van der Waals surface area contributed by atoms with Gasteiger partial charge in [-0.1, -0.05) is 12.1 Å². The maximum atomic E-state index is 15.4. The van der Waals surface area contributed by atoms with E-state index in [1.54, 1.807) is 45.0 Å². The maximum Gasteiger partial charge on any atom is 0.374 e. The van der Waals surface area contributed by atoms with Gasteiger partial charge in [0.15, 0.2) is 11.4 Å². The first-order valence-corrected chi connectivity index (χ1v) is 12.5. The number of nitrogens with zero attached hydrogens (tertiary/aromatic N) is 3. The molecule has 1 aliphatic rings. The third kappa shape index (κ3) is 6.07. The van der Waals surface area contributed by atoms with Crippen molar-refractivity contribution < 1.29 is 46.5 Å². The highest BCUT2D eigenvalue weighted by molar-refractivity contribution is 6.06. The molecule has 0 spiro atoms. The number of aliphatic carboxylic acids is 1. The average Bonchev–Trinajstić information content (AvgIpc) is 3.40. The maximum absolute atomic E-state index is 15.4. The van der Waals surface area contributed by atoms with Crippen molar-refractivity contribution >= 4 is 39.8 Å². The van der Waals surface area contributed by atoms with Crippen molar-refractivity contribution in [2.24, 2.45) is 0 Å². The van der Waals surface area contributed by atoms with Crippen molar-refractivity contribution in [2.45, 2.75) is 82.5 Å². The molecule has 1 saturated heterocycles. The second kappa shape index (κ2) is 10.2. The summed E-state index contributed by atoms with van der Waals surface area (Å²) in [6.07, 6.45) is -3.87. The summed E-state index contributed by atoms with van der Waals surface area (Å²) in [5.41, 5.74) is -0.397. The highest BCUT2D eigenvalue weighted by atomic mass is 19.3. The molecule has 2 aromatic heterocycles. The zero-order valence-corrected chi connectivity index (χ0v) is 21.6. The molecule has 3 aromatic rings. The molecule has 9 nitrogen and oxygen atoms in total. The Morgan fingerprint density at radius 1 is 1.10 bits per heavy atom. The number of para-hydroxylation sites is 1. The molecular formula is C26H29F4N3O6. The Bertz CT molecular complexity index is 1390. The molecule has 1 aliphatic heterocycles. The number of β-amino-alcohol motifs (C(OH)–C–C–N with tert-alkyl or cyclic N) is 1. The molecule has 1 aromatic carbocycles. The fraction of sp³-hybridized carbons (Fsp3) is 0.538. The van der Waals surface area contributed by atoms with Crippen LogP contribution in [0.1, 0.15) is 58.7 Å². The minimum absolute atomic E-state index is 0.0237. The van der Waals surface area contributed by atoms with Crippen LogP contribution in [0, 0.1) is 0 Å². The molecule has 3 heterocycles. The molecule has 0 aliphatic carbocycles. The van der Waals surface area contributed by atoms with Gasteiger partial charge in [0.25, 0.3) is 0 Å². The van der Waals surface area contributed by atoms with Gasteiger partial charge >= 0.3 is 23.8 Å². The minimum atomic E-state index is -4.01.